The number of nitrogens with one attached hydrogen (secondary N) is 2. The molecule has 0 fully saturated rings. The zero-order chi connectivity index (χ0) is 19.0. The molecular formula is C20H18N4O3. The van der Waals surface area contributed by atoms with Crippen LogP contribution >= 0.6 is 0 Å². The summed E-state index contributed by atoms with van der Waals surface area (Å²) in [4.78, 5) is 39.6. The van der Waals surface area contributed by atoms with E-state index in [9.17, 15) is 14.4 Å². The van der Waals surface area contributed by atoms with Crippen molar-refractivity contribution in [1.29, 1.82) is 0 Å². The molecule has 0 saturated heterocycles. The predicted molar refractivity (Wildman–Crippen MR) is 102 cm³/mol. The van der Waals surface area contributed by atoms with Crippen molar-refractivity contribution in [2.24, 2.45) is 5.73 Å². The lowest BCUT2D eigenvalue weighted by molar-refractivity contribution is -0.112. The first-order valence-corrected chi connectivity index (χ1v) is 8.70. The van der Waals surface area contributed by atoms with Crippen LogP contribution in [0.15, 0.2) is 54.2 Å². The van der Waals surface area contributed by atoms with E-state index in [0.717, 1.165) is 4.90 Å². The van der Waals surface area contributed by atoms with Crippen LogP contribution in [0.3, 0.4) is 0 Å². The van der Waals surface area contributed by atoms with Gasteiger partial charge in [0.15, 0.2) is 0 Å². The average Bonchev–Trinajstić information content (AvgIpc) is 3.15. The van der Waals surface area contributed by atoms with Gasteiger partial charge < -0.3 is 16.4 Å². The van der Waals surface area contributed by atoms with E-state index in [4.69, 9.17) is 5.73 Å². The molecule has 0 aliphatic carbocycles. The largest absolute Gasteiger partial charge is 0.351 e. The summed E-state index contributed by atoms with van der Waals surface area (Å²) in [6.07, 6.45) is 0.610. The number of fused-ring (bicyclic) bond motifs is 2. The number of carbonyl (C=O) groups excluding carboxylic acids is 3. The Kier molecular flexibility index (Phi) is 4.21. The minimum Gasteiger partial charge on any atom is -0.351 e. The molecule has 0 bridgehead atoms. The number of imide groups is 1. The van der Waals surface area contributed by atoms with Crippen molar-refractivity contribution in [2.45, 2.75) is 6.42 Å². The molecule has 0 spiro atoms. The molecule has 0 unspecified atom stereocenters. The van der Waals surface area contributed by atoms with Gasteiger partial charge in [0.05, 0.1) is 11.3 Å². The third-order valence-electron chi connectivity index (χ3n) is 4.60. The maximum Gasteiger partial charge on any atom is 0.329 e. The van der Waals surface area contributed by atoms with Crippen molar-refractivity contribution >= 4 is 34.7 Å². The van der Waals surface area contributed by atoms with E-state index >= 15 is 0 Å². The third-order valence-corrected chi connectivity index (χ3v) is 4.60. The molecule has 2 heterocycles. The Bertz CT molecular complexity index is 996. The van der Waals surface area contributed by atoms with Gasteiger partial charge in [0.1, 0.15) is 5.70 Å². The number of hydrogen-bond acceptors (Lipinski definition) is 5. The summed E-state index contributed by atoms with van der Waals surface area (Å²) in [6, 6.07) is 13.5. The van der Waals surface area contributed by atoms with Crippen molar-refractivity contribution in [3.63, 3.8) is 0 Å². The van der Waals surface area contributed by atoms with Crippen molar-refractivity contribution < 1.29 is 14.4 Å². The number of rotatable bonds is 3. The Hall–Kier alpha value is -3.45. The van der Waals surface area contributed by atoms with Crippen LogP contribution in [0.25, 0.3) is 5.57 Å². The van der Waals surface area contributed by atoms with Crippen LogP contribution in [-0.4, -0.2) is 30.8 Å². The zero-order valence-corrected chi connectivity index (χ0v) is 14.5. The summed E-state index contributed by atoms with van der Waals surface area (Å²) < 4.78 is 0. The van der Waals surface area contributed by atoms with E-state index in [-0.39, 0.29) is 17.1 Å². The Labute approximate surface area is 155 Å². The van der Waals surface area contributed by atoms with Crippen molar-refractivity contribution in [3.8, 4) is 0 Å². The van der Waals surface area contributed by atoms with Gasteiger partial charge in [0, 0.05) is 23.4 Å². The molecule has 2 aromatic rings. The lowest BCUT2D eigenvalue weighted by Gasteiger charge is -2.16. The quantitative estimate of drug-likeness (QED) is 0.573. The summed E-state index contributed by atoms with van der Waals surface area (Å²) in [5.41, 5.74) is 8.04. The first-order valence-electron chi connectivity index (χ1n) is 8.70. The number of nitrogens with zero attached hydrogens (tertiary/aromatic N) is 1. The van der Waals surface area contributed by atoms with Gasteiger partial charge in [0.25, 0.3) is 5.91 Å². The molecule has 0 aromatic heterocycles. The number of anilines is 2. The van der Waals surface area contributed by atoms with E-state index in [2.05, 4.69) is 10.6 Å². The fourth-order valence-electron chi connectivity index (χ4n) is 3.33. The molecule has 4 rings (SSSR count). The minimum atomic E-state index is -0.528. The second-order valence-corrected chi connectivity index (χ2v) is 6.28. The Balaban J connectivity index is 1.77. The number of ketones is 1. The highest BCUT2D eigenvalue weighted by atomic mass is 16.2. The number of urea groups is 1. The lowest BCUT2D eigenvalue weighted by Crippen LogP contribution is -2.42. The molecular weight excluding hydrogens is 344 g/mol. The van der Waals surface area contributed by atoms with Crippen LogP contribution in [0.4, 0.5) is 16.2 Å². The molecule has 7 nitrogen and oxygen atoms in total. The minimum absolute atomic E-state index is 0.200. The Morgan fingerprint density at radius 2 is 1.74 bits per heavy atom. The van der Waals surface area contributed by atoms with Gasteiger partial charge in [-0.2, -0.15) is 0 Å². The highest BCUT2D eigenvalue weighted by Crippen LogP contribution is 2.41. The van der Waals surface area contributed by atoms with Gasteiger partial charge in [0.2, 0.25) is 5.78 Å². The molecule has 3 amide bonds. The average molecular weight is 362 g/mol. The number of carbonyl (C=O) groups is 3. The van der Waals surface area contributed by atoms with E-state index in [0.29, 0.717) is 42.0 Å². The van der Waals surface area contributed by atoms with Gasteiger partial charge >= 0.3 is 6.03 Å². The van der Waals surface area contributed by atoms with Gasteiger partial charge in [-0.25, -0.2) is 9.69 Å². The molecule has 7 heteroatoms. The summed E-state index contributed by atoms with van der Waals surface area (Å²) >= 11 is 0. The van der Waals surface area contributed by atoms with Gasteiger partial charge in [-0.3, -0.25) is 9.59 Å². The molecule has 136 valence electrons. The lowest BCUT2D eigenvalue weighted by atomic mass is 10.0. The van der Waals surface area contributed by atoms with Crippen molar-refractivity contribution in [1.82, 2.24) is 5.32 Å². The topological polar surface area (TPSA) is 105 Å². The number of amides is 3. The number of allylic oxidation sites excluding steroid dienone is 1. The summed E-state index contributed by atoms with van der Waals surface area (Å²) in [6.45, 7) is 0.812. The monoisotopic (exact) mass is 362 g/mol. The fourth-order valence-corrected chi connectivity index (χ4v) is 3.33. The molecule has 2 aliphatic heterocycles. The van der Waals surface area contributed by atoms with Crippen LogP contribution in [0.5, 0.6) is 0 Å². The number of para-hydroxylation sites is 2. The first-order chi connectivity index (χ1) is 13.1. The zero-order valence-electron chi connectivity index (χ0n) is 14.5. The maximum absolute atomic E-state index is 13.1. The van der Waals surface area contributed by atoms with Crippen LogP contribution in [0.2, 0.25) is 0 Å². The number of hydrogen-bond donors (Lipinski definition) is 3. The van der Waals surface area contributed by atoms with Gasteiger partial charge in [-0.15, -0.1) is 0 Å². The van der Waals surface area contributed by atoms with E-state index in [1.54, 1.807) is 42.5 Å². The smallest absolute Gasteiger partial charge is 0.329 e. The SMILES string of the molecule is NCCCNC(=O)N1C(=O)/C(=C2\Nc3ccccc3C2=O)c2ccccc21. The van der Waals surface area contributed by atoms with Crippen LogP contribution in [0.1, 0.15) is 22.3 Å². The Morgan fingerprint density at radius 1 is 1.04 bits per heavy atom. The number of Topliss-reactive ketones (excluding diaryl/α,β-unsaturated/α-hetero) is 1. The first kappa shape index (κ1) is 17.0. The summed E-state index contributed by atoms with van der Waals surface area (Å²) in [7, 11) is 0. The van der Waals surface area contributed by atoms with Crippen LogP contribution in [0, 0.1) is 0 Å². The molecule has 27 heavy (non-hydrogen) atoms. The van der Waals surface area contributed by atoms with Crippen molar-refractivity contribution in [3.05, 3.63) is 65.4 Å². The molecule has 0 atom stereocenters. The highest BCUT2D eigenvalue weighted by molar-refractivity contribution is 6.44. The highest BCUT2D eigenvalue weighted by Gasteiger charge is 2.41. The van der Waals surface area contributed by atoms with Crippen LogP contribution in [-0.2, 0) is 4.79 Å². The molecule has 2 aromatic carbocycles. The number of benzene rings is 2. The predicted octanol–water partition coefficient (Wildman–Crippen LogP) is 2.11. The normalized spacial score (nSPS) is 17.6. The van der Waals surface area contributed by atoms with Crippen molar-refractivity contribution in [2.75, 3.05) is 23.3 Å². The fraction of sp³-hybridized carbons (Fsp3) is 0.150. The second kappa shape index (κ2) is 6.69. The molecule has 0 saturated carbocycles. The Morgan fingerprint density at radius 3 is 2.48 bits per heavy atom. The van der Waals surface area contributed by atoms with E-state index < -0.39 is 11.9 Å². The van der Waals surface area contributed by atoms with Gasteiger partial charge in [-0.1, -0.05) is 30.3 Å². The molecule has 2 aliphatic rings. The van der Waals surface area contributed by atoms with Crippen LogP contribution < -0.4 is 21.3 Å². The van der Waals surface area contributed by atoms with E-state index in [1.165, 1.54) is 0 Å². The second-order valence-electron chi connectivity index (χ2n) is 6.28. The van der Waals surface area contributed by atoms with Gasteiger partial charge in [-0.05, 0) is 31.2 Å². The summed E-state index contributed by atoms with van der Waals surface area (Å²) in [5, 5.41) is 5.74. The standard InChI is InChI=1S/C20H18N4O3/c21-10-5-11-22-20(27)24-15-9-4-2-7-13(15)16(19(24)26)17-18(25)12-6-1-3-8-14(12)23-17/h1-4,6-9,23H,5,10-11,21H2,(H,22,27)/b17-16-. The van der Waals surface area contributed by atoms with E-state index in [1.807, 2.05) is 6.07 Å². The maximum atomic E-state index is 13.1. The molecule has 0 radical (unpaired) electrons. The molecule has 4 N–H and O–H groups in total. The summed E-state index contributed by atoms with van der Waals surface area (Å²) in [5.74, 6) is -0.778. The number of nitrogens with two attached hydrogens (primary N) is 1. The third kappa shape index (κ3) is 2.69.